The lowest BCUT2D eigenvalue weighted by Crippen LogP contribution is -2.42. The summed E-state index contributed by atoms with van der Waals surface area (Å²) in [6.07, 6.45) is 2.00. The van der Waals surface area contributed by atoms with Crippen molar-refractivity contribution >= 4 is 11.5 Å². The first-order chi connectivity index (χ1) is 9.00. The normalized spacial score (nSPS) is 17.0. The van der Waals surface area contributed by atoms with E-state index in [0.29, 0.717) is 17.3 Å². The standard InChI is InChI=1S/C15H21FN2O/c1-11(19)13-5-4-6-14(16)15(13)18-9-7-12(8-10-18)17(2)3/h4-6,12H,7-10H2,1-3H3. The van der Waals surface area contributed by atoms with Gasteiger partial charge in [0.15, 0.2) is 5.78 Å². The first-order valence-electron chi connectivity index (χ1n) is 6.71. The highest BCUT2D eigenvalue weighted by Gasteiger charge is 2.25. The van der Waals surface area contributed by atoms with Crippen LogP contribution in [-0.2, 0) is 0 Å². The summed E-state index contributed by atoms with van der Waals surface area (Å²) >= 11 is 0. The molecule has 0 unspecified atom stereocenters. The molecule has 3 nitrogen and oxygen atoms in total. The molecule has 0 amide bonds. The third-order valence-electron chi connectivity index (χ3n) is 3.88. The van der Waals surface area contributed by atoms with Crippen LogP contribution >= 0.6 is 0 Å². The van der Waals surface area contributed by atoms with Gasteiger partial charge in [0.05, 0.1) is 5.69 Å². The van der Waals surface area contributed by atoms with Gasteiger partial charge in [0, 0.05) is 24.7 Å². The SMILES string of the molecule is CC(=O)c1cccc(F)c1N1CCC(N(C)C)CC1. The number of hydrogen-bond acceptors (Lipinski definition) is 3. The Morgan fingerprint density at radius 1 is 1.32 bits per heavy atom. The molecule has 0 saturated carbocycles. The number of hydrogen-bond donors (Lipinski definition) is 0. The fourth-order valence-electron chi connectivity index (χ4n) is 2.73. The van der Waals surface area contributed by atoms with Gasteiger partial charge in [-0.15, -0.1) is 0 Å². The second kappa shape index (κ2) is 5.70. The lowest BCUT2D eigenvalue weighted by Gasteiger charge is -2.37. The molecular weight excluding hydrogens is 243 g/mol. The smallest absolute Gasteiger partial charge is 0.161 e. The van der Waals surface area contributed by atoms with E-state index in [1.807, 2.05) is 4.90 Å². The van der Waals surface area contributed by atoms with E-state index in [0.717, 1.165) is 25.9 Å². The quantitative estimate of drug-likeness (QED) is 0.784. The molecule has 0 atom stereocenters. The minimum absolute atomic E-state index is 0.0794. The highest BCUT2D eigenvalue weighted by molar-refractivity contribution is 5.99. The summed E-state index contributed by atoms with van der Waals surface area (Å²) in [5, 5.41) is 0. The van der Waals surface area contributed by atoms with Crippen LogP contribution in [0.4, 0.5) is 10.1 Å². The lowest BCUT2D eigenvalue weighted by molar-refractivity contribution is 0.101. The van der Waals surface area contributed by atoms with E-state index >= 15 is 0 Å². The van der Waals surface area contributed by atoms with Crippen LogP contribution in [0.25, 0.3) is 0 Å². The van der Waals surface area contributed by atoms with Gasteiger partial charge in [0.2, 0.25) is 0 Å². The number of Topliss-reactive ketones (excluding diaryl/α,β-unsaturated/α-hetero) is 1. The third kappa shape index (κ3) is 2.95. The Labute approximate surface area is 114 Å². The maximum atomic E-state index is 14.0. The van der Waals surface area contributed by atoms with Crippen molar-refractivity contribution in [1.29, 1.82) is 0 Å². The van der Waals surface area contributed by atoms with Crippen LogP contribution in [0.2, 0.25) is 0 Å². The summed E-state index contributed by atoms with van der Waals surface area (Å²) in [7, 11) is 4.15. The number of nitrogens with zero attached hydrogens (tertiary/aromatic N) is 2. The van der Waals surface area contributed by atoms with Gasteiger partial charge < -0.3 is 9.80 Å². The maximum absolute atomic E-state index is 14.0. The molecular formula is C15H21FN2O. The maximum Gasteiger partial charge on any atom is 0.161 e. The van der Waals surface area contributed by atoms with E-state index in [-0.39, 0.29) is 11.6 Å². The van der Waals surface area contributed by atoms with Gasteiger partial charge in [-0.25, -0.2) is 4.39 Å². The van der Waals surface area contributed by atoms with Crippen LogP contribution < -0.4 is 4.90 Å². The largest absolute Gasteiger partial charge is 0.368 e. The first kappa shape index (κ1) is 14.0. The minimum atomic E-state index is -0.295. The van der Waals surface area contributed by atoms with Crippen LogP contribution in [0.1, 0.15) is 30.1 Å². The van der Waals surface area contributed by atoms with E-state index in [1.165, 1.54) is 13.0 Å². The Morgan fingerprint density at radius 2 is 1.95 bits per heavy atom. The Morgan fingerprint density at radius 3 is 2.47 bits per heavy atom. The van der Waals surface area contributed by atoms with Gasteiger partial charge >= 0.3 is 0 Å². The van der Waals surface area contributed by atoms with Crippen molar-refractivity contribution in [3.8, 4) is 0 Å². The topological polar surface area (TPSA) is 23.6 Å². The molecule has 1 heterocycles. The first-order valence-corrected chi connectivity index (χ1v) is 6.71. The summed E-state index contributed by atoms with van der Waals surface area (Å²) in [5.74, 6) is -0.375. The molecule has 104 valence electrons. The van der Waals surface area contributed by atoms with Crippen molar-refractivity contribution < 1.29 is 9.18 Å². The van der Waals surface area contributed by atoms with Crippen LogP contribution in [0, 0.1) is 5.82 Å². The molecule has 0 N–H and O–H groups in total. The van der Waals surface area contributed by atoms with Crippen molar-refractivity contribution in [2.75, 3.05) is 32.1 Å². The van der Waals surface area contributed by atoms with Gasteiger partial charge in [-0.3, -0.25) is 4.79 Å². The zero-order valence-corrected chi connectivity index (χ0v) is 11.8. The van der Waals surface area contributed by atoms with Gasteiger partial charge in [-0.2, -0.15) is 0 Å². The predicted molar refractivity (Wildman–Crippen MR) is 75.3 cm³/mol. The van der Waals surface area contributed by atoms with Crippen LogP contribution in [0.5, 0.6) is 0 Å². The molecule has 1 aromatic carbocycles. The zero-order chi connectivity index (χ0) is 14.0. The zero-order valence-electron chi connectivity index (χ0n) is 11.8. The monoisotopic (exact) mass is 264 g/mol. The molecule has 2 rings (SSSR count). The van der Waals surface area contributed by atoms with Crippen molar-refractivity contribution in [3.05, 3.63) is 29.6 Å². The Hall–Kier alpha value is -1.42. The number of carbonyl (C=O) groups excluding carboxylic acids is 1. The van der Waals surface area contributed by atoms with E-state index in [1.54, 1.807) is 12.1 Å². The highest BCUT2D eigenvalue weighted by Crippen LogP contribution is 2.28. The van der Waals surface area contributed by atoms with Gasteiger partial charge in [0.1, 0.15) is 5.82 Å². The Bertz CT molecular complexity index is 465. The minimum Gasteiger partial charge on any atom is -0.368 e. The van der Waals surface area contributed by atoms with E-state index in [4.69, 9.17) is 0 Å². The fraction of sp³-hybridized carbons (Fsp3) is 0.533. The van der Waals surface area contributed by atoms with Crippen molar-refractivity contribution in [3.63, 3.8) is 0 Å². The van der Waals surface area contributed by atoms with Crippen LogP contribution in [0.3, 0.4) is 0 Å². The molecule has 0 aromatic heterocycles. The second-order valence-corrected chi connectivity index (χ2v) is 5.37. The molecule has 1 aliphatic rings. The van der Waals surface area contributed by atoms with Crippen LogP contribution in [-0.4, -0.2) is 43.9 Å². The average Bonchev–Trinajstić information content (AvgIpc) is 2.38. The molecule has 0 radical (unpaired) electrons. The number of anilines is 1. The number of ketones is 1. The molecule has 0 spiro atoms. The molecule has 1 aliphatic heterocycles. The molecule has 19 heavy (non-hydrogen) atoms. The van der Waals surface area contributed by atoms with E-state index < -0.39 is 0 Å². The molecule has 4 heteroatoms. The Balaban J connectivity index is 2.22. The Kier molecular flexibility index (Phi) is 4.20. The summed E-state index contributed by atoms with van der Waals surface area (Å²) in [4.78, 5) is 15.9. The summed E-state index contributed by atoms with van der Waals surface area (Å²) < 4.78 is 14.0. The van der Waals surface area contributed by atoms with Gasteiger partial charge in [-0.1, -0.05) is 6.07 Å². The predicted octanol–water partition coefficient (Wildman–Crippen LogP) is 2.56. The van der Waals surface area contributed by atoms with Crippen molar-refractivity contribution in [2.45, 2.75) is 25.8 Å². The summed E-state index contributed by atoms with van der Waals surface area (Å²) in [6.45, 7) is 3.08. The van der Waals surface area contributed by atoms with Gasteiger partial charge in [0.25, 0.3) is 0 Å². The summed E-state index contributed by atoms with van der Waals surface area (Å²) in [5.41, 5.74) is 0.968. The molecule has 1 saturated heterocycles. The molecule has 1 fully saturated rings. The summed E-state index contributed by atoms with van der Waals surface area (Å²) in [6, 6.07) is 5.28. The van der Waals surface area contributed by atoms with Crippen LogP contribution in [0.15, 0.2) is 18.2 Å². The molecule has 1 aromatic rings. The lowest BCUT2D eigenvalue weighted by atomic mass is 10.0. The number of rotatable bonds is 3. The number of carbonyl (C=O) groups is 1. The van der Waals surface area contributed by atoms with E-state index in [9.17, 15) is 9.18 Å². The molecule has 0 bridgehead atoms. The third-order valence-corrected chi connectivity index (χ3v) is 3.88. The number of halogens is 1. The average molecular weight is 264 g/mol. The number of benzene rings is 1. The van der Waals surface area contributed by atoms with Crippen molar-refractivity contribution in [2.24, 2.45) is 0 Å². The molecule has 0 aliphatic carbocycles. The van der Waals surface area contributed by atoms with Gasteiger partial charge in [-0.05, 0) is 46.0 Å². The number of piperidine rings is 1. The highest BCUT2D eigenvalue weighted by atomic mass is 19.1. The van der Waals surface area contributed by atoms with E-state index in [2.05, 4.69) is 19.0 Å². The fourth-order valence-corrected chi connectivity index (χ4v) is 2.73. The van der Waals surface area contributed by atoms with Crippen molar-refractivity contribution in [1.82, 2.24) is 4.90 Å². The number of para-hydroxylation sites is 1. The second-order valence-electron chi connectivity index (χ2n) is 5.37.